The van der Waals surface area contributed by atoms with Crippen LogP contribution in [0.4, 0.5) is 0 Å². The lowest BCUT2D eigenvalue weighted by atomic mass is 10.1. The quantitative estimate of drug-likeness (QED) is 0.172. The van der Waals surface area contributed by atoms with Crippen LogP contribution < -0.4 is 14.2 Å². The van der Waals surface area contributed by atoms with Crippen LogP contribution in [-0.2, 0) is 6.61 Å². The zero-order chi connectivity index (χ0) is 22.6. The first-order valence-electron chi connectivity index (χ1n) is 11.4. The van der Waals surface area contributed by atoms with Gasteiger partial charge in [-0.1, -0.05) is 56.5 Å². The molecule has 0 aliphatic rings. The highest BCUT2D eigenvalue weighted by atomic mass is 16.5. The fraction of sp³-hybridized carbons (Fsp3) is 0.321. The van der Waals surface area contributed by atoms with E-state index in [0.29, 0.717) is 23.7 Å². The van der Waals surface area contributed by atoms with Crippen molar-refractivity contribution in [2.45, 2.75) is 58.7 Å². The third-order valence-corrected chi connectivity index (χ3v) is 5.17. The minimum Gasteiger partial charge on any atom is -0.491 e. The van der Waals surface area contributed by atoms with Gasteiger partial charge >= 0.3 is 5.97 Å². The Morgan fingerprint density at radius 2 is 1.44 bits per heavy atom. The lowest BCUT2D eigenvalue weighted by molar-refractivity contribution is 0.0734. The Bertz CT molecular complexity index is 933. The van der Waals surface area contributed by atoms with Gasteiger partial charge < -0.3 is 14.2 Å². The number of hydrogen-bond acceptors (Lipinski definition) is 4. The molecule has 4 nitrogen and oxygen atoms in total. The zero-order valence-electron chi connectivity index (χ0n) is 19.0. The number of esters is 1. The topological polar surface area (TPSA) is 44.8 Å². The summed E-state index contributed by atoms with van der Waals surface area (Å²) in [4.78, 5) is 12.4. The van der Waals surface area contributed by atoms with E-state index in [2.05, 4.69) is 13.8 Å². The molecule has 0 fully saturated rings. The van der Waals surface area contributed by atoms with Gasteiger partial charge in [0, 0.05) is 0 Å². The Morgan fingerprint density at radius 1 is 0.781 bits per heavy atom. The van der Waals surface area contributed by atoms with Crippen molar-refractivity contribution >= 4 is 5.97 Å². The van der Waals surface area contributed by atoms with Crippen LogP contribution in [-0.4, -0.2) is 12.1 Å². The van der Waals surface area contributed by atoms with E-state index in [9.17, 15) is 4.79 Å². The van der Waals surface area contributed by atoms with Gasteiger partial charge in [-0.3, -0.25) is 0 Å². The van der Waals surface area contributed by atoms with E-state index in [4.69, 9.17) is 14.2 Å². The number of ether oxygens (including phenoxy) is 3. The van der Waals surface area contributed by atoms with Crippen LogP contribution in [0.3, 0.4) is 0 Å². The standard InChI is InChI=1S/C28H32O4/c1-3-4-5-7-10-22(2)31-26-17-19-27(20-18-26)32-28(29)24-13-15-25(16-14-24)30-21-23-11-8-6-9-12-23/h6,8-9,11-20,22H,3-5,7,10,21H2,1-2H3/t22-/m0/s1. The Morgan fingerprint density at radius 3 is 2.12 bits per heavy atom. The molecule has 0 radical (unpaired) electrons. The first-order chi connectivity index (χ1) is 15.6. The predicted molar refractivity (Wildman–Crippen MR) is 127 cm³/mol. The summed E-state index contributed by atoms with van der Waals surface area (Å²) < 4.78 is 17.2. The summed E-state index contributed by atoms with van der Waals surface area (Å²) in [7, 11) is 0. The average molecular weight is 433 g/mol. The Hall–Kier alpha value is -3.27. The van der Waals surface area contributed by atoms with Crippen LogP contribution in [0, 0.1) is 0 Å². The Labute approximate surface area is 191 Å². The van der Waals surface area contributed by atoms with Gasteiger partial charge in [0.25, 0.3) is 0 Å². The third kappa shape index (κ3) is 7.77. The Kier molecular flexibility index (Phi) is 9.18. The highest BCUT2D eigenvalue weighted by Crippen LogP contribution is 2.22. The van der Waals surface area contributed by atoms with Crippen molar-refractivity contribution in [1.29, 1.82) is 0 Å². The molecule has 0 spiro atoms. The molecule has 0 N–H and O–H groups in total. The first kappa shape index (κ1) is 23.4. The summed E-state index contributed by atoms with van der Waals surface area (Å²) in [6.45, 7) is 4.79. The van der Waals surface area contributed by atoms with Gasteiger partial charge in [0.05, 0.1) is 11.7 Å². The smallest absolute Gasteiger partial charge is 0.343 e. The van der Waals surface area contributed by atoms with Gasteiger partial charge in [-0.25, -0.2) is 4.79 Å². The maximum atomic E-state index is 12.4. The van der Waals surface area contributed by atoms with Crippen molar-refractivity contribution in [1.82, 2.24) is 0 Å². The monoisotopic (exact) mass is 432 g/mol. The second-order valence-electron chi connectivity index (χ2n) is 7.94. The largest absolute Gasteiger partial charge is 0.491 e. The van der Waals surface area contributed by atoms with Crippen LogP contribution >= 0.6 is 0 Å². The normalized spacial score (nSPS) is 11.6. The minimum atomic E-state index is -0.405. The van der Waals surface area contributed by atoms with Gasteiger partial charge in [0.15, 0.2) is 0 Å². The highest BCUT2D eigenvalue weighted by molar-refractivity contribution is 5.91. The number of unbranched alkanes of at least 4 members (excludes halogenated alkanes) is 3. The summed E-state index contributed by atoms with van der Waals surface area (Å²) >= 11 is 0. The molecule has 168 valence electrons. The number of carbonyl (C=O) groups excluding carboxylic acids is 1. The molecule has 0 amide bonds. The maximum Gasteiger partial charge on any atom is 0.343 e. The van der Waals surface area contributed by atoms with Crippen LogP contribution in [0.5, 0.6) is 17.2 Å². The molecule has 3 aromatic rings. The molecular weight excluding hydrogens is 400 g/mol. The lowest BCUT2D eigenvalue weighted by Gasteiger charge is -2.15. The van der Waals surface area contributed by atoms with Crippen molar-refractivity contribution in [3.8, 4) is 17.2 Å². The summed E-state index contributed by atoms with van der Waals surface area (Å²) in [5.74, 6) is 1.57. The number of rotatable bonds is 12. The third-order valence-electron chi connectivity index (χ3n) is 5.17. The molecule has 0 aromatic heterocycles. The minimum absolute atomic E-state index is 0.169. The molecule has 32 heavy (non-hydrogen) atoms. The molecule has 0 aliphatic carbocycles. The van der Waals surface area contributed by atoms with Crippen LogP contribution in [0.25, 0.3) is 0 Å². The number of benzene rings is 3. The van der Waals surface area contributed by atoms with Gasteiger partial charge in [-0.2, -0.15) is 0 Å². The van der Waals surface area contributed by atoms with Crippen LogP contribution in [0.15, 0.2) is 78.9 Å². The van der Waals surface area contributed by atoms with E-state index in [1.165, 1.54) is 25.7 Å². The average Bonchev–Trinajstić information content (AvgIpc) is 2.83. The SMILES string of the molecule is CCCCCC[C@H](C)Oc1ccc(OC(=O)c2ccc(OCc3ccccc3)cc2)cc1. The van der Waals surface area contributed by atoms with Crippen molar-refractivity contribution < 1.29 is 19.0 Å². The summed E-state index contributed by atoms with van der Waals surface area (Å²) in [5, 5.41) is 0. The molecule has 1 atom stereocenters. The van der Waals surface area contributed by atoms with Crippen LogP contribution in [0.1, 0.15) is 61.9 Å². The maximum absolute atomic E-state index is 12.4. The fourth-order valence-electron chi connectivity index (χ4n) is 3.33. The lowest BCUT2D eigenvalue weighted by Crippen LogP contribution is -2.11. The number of carbonyl (C=O) groups is 1. The summed E-state index contributed by atoms with van der Waals surface area (Å²) in [6, 6.07) is 24.1. The second-order valence-corrected chi connectivity index (χ2v) is 7.94. The molecule has 4 heteroatoms. The Balaban J connectivity index is 1.45. The first-order valence-corrected chi connectivity index (χ1v) is 11.4. The van der Waals surface area contributed by atoms with E-state index in [-0.39, 0.29) is 6.10 Å². The molecule has 0 unspecified atom stereocenters. The van der Waals surface area contributed by atoms with Crippen molar-refractivity contribution in [3.05, 3.63) is 90.0 Å². The molecular formula is C28H32O4. The fourth-order valence-corrected chi connectivity index (χ4v) is 3.33. The highest BCUT2D eigenvalue weighted by Gasteiger charge is 2.10. The van der Waals surface area contributed by atoms with E-state index in [1.54, 1.807) is 36.4 Å². The van der Waals surface area contributed by atoms with E-state index in [0.717, 1.165) is 17.7 Å². The molecule has 0 bridgehead atoms. The summed E-state index contributed by atoms with van der Waals surface area (Å²) in [5.41, 5.74) is 1.56. The van der Waals surface area contributed by atoms with E-state index < -0.39 is 5.97 Å². The van der Waals surface area contributed by atoms with Crippen molar-refractivity contribution in [2.75, 3.05) is 0 Å². The molecule has 3 aromatic carbocycles. The number of hydrogen-bond donors (Lipinski definition) is 0. The van der Waals surface area contributed by atoms with E-state index in [1.807, 2.05) is 42.5 Å². The van der Waals surface area contributed by atoms with Crippen molar-refractivity contribution in [3.63, 3.8) is 0 Å². The molecule has 0 saturated carbocycles. The van der Waals surface area contributed by atoms with Crippen molar-refractivity contribution in [2.24, 2.45) is 0 Å². The van der Waals surface area contributed by atoms with Gasteiger partial charge in [0.2, 0.25) is 0 Å². The molecule has 0 heterocycles. The van der Waals surface area contributed by atoms with Gasteiger partial charge in [0.1, 0.15) is 23.9 Å². The molecule has 3 rings (SSSR count). The predicted octanol–water partition coefficient (Wildman–Crippen LogP) is 7.22. The van der Waals surface area contributed by atoms with Gasteiger partial charge in [-0.15, -0.1) is 0 Å². The summed E-state index contributed by atoms with van der Waals surface area (Å²) in [6.07, 6.45) is 6.16. The molecule has 0 saturated heterocycles. The van der Waals surface area contributed by atoms with Crippen LogP contribution in [0.2, 0.25) is 0 Å². The van der Waals surface area contributed by atoms with E-state index >= 15 is 0 Å². The molecule has 0 aliphatic heterocycles. The zero-order valence-corrected chi connectivity index (χ0v) is 19.0. The van der Waals surface area contributed by atoms with Gasteiger partial charge in [-0.05, 0) is 73.9 Å². The second kappa shape index (κ2) is 12.6.